The van der Waals surface area contributed by atoms with Gasteiger partial charge in [-0.25, -0.2) is 0 Å². The first-order chi connectivity index (χ1) is 9.00. The van der Waals surface area contributed by atoms with E-state index in [1.54, 1.807) is 4.90 Å². The number of hydrogen-bond acceptors (Lipinski definition) is 5. The molecule has 2 rings (SSSR count). The third-order valence-electron chi connectivity index (χ3n) is 3.35. The first-order valence-corrected chi connectivity index (χ1v) is 6.62. The summed E-state index contributed by atoms with van der Waals surface area (Å²) in [5, 5.41) is 13.6. The van der Waals surface area contributed by atoms with Crippen LogP contribution in [0, 0.1) is 5.41 Å². The monoisotopic (exact) mass is 267 g/mol. The van der Waals surface area contributed by atoms with E-state index in [2.05, 4.69) is 34.5 Å². The van der Waals surface area contributed by atoms with E-state index in [9.17, 15) is 4.79 Å². The van der Waals surface area contributed by atoms with Crippen molar-refractivity contribution in [3.63, 3.8) is 0 Å². The van der Waals surface area contributed by atoms with Crippen molar-refractivity contribution < 1.29 is 9.53 Å². The number of rotatable bonds is 5. The second-order valence-corrected chi connectivity index (χ2v) is 5.74. The van der Waals surface area contributed by atoms with Gasteiger partial charge in [-0.3, -0.25) is 4.79 Å². The number of aromatic nitrogens is 4. The second-order valence-electron chi connectivity index (χ2n) is 5.74. The van der Waals surface area contributed by atoms with Gasteiger partial charge in [0.2, 0.25) is 5.91 Å². The van der Waals surface area contributed by atoms with Gasteiger partial charge in [-0.2, -0.15) is 5.21 Å². The molecule has 0 radical (unpaired) electrons. The van der Waals surface area contributed by atoms with Crippen LogP contribution in [0.25, 0.3) is 0 Å². The molecule has 1 fully saturated rings. The highest BCUT2D eigenvalue weighted by Crippen LogP contribution is 2.32. The van der Waals surface area contributed by atoms with Crippen LogP contribution < -0.4 is 0 Å². The van der Waals surface area contributed by atoms with Crippen LogP contribution in [0.4, 0.5) is 0 Å². The number of carbonyl (C=O) groups excluding carboxylic acids is 1. The molecule has 0 spiro atoms. The molecule has 1 N–H and O–H groups in total. The van der Waals surface area contributed by atoms with Crippen LogP contribution in [0.1, 0.15) is 39.4 Å². The first kappa shape index (κ1) is 13.9. The van der Waals surface area contributed by atoms with Gasteiger partial charge in [0.05, 0.1) is 25.7 Å². The standard InChI is InChI=1S/C12H21N5O2/c1-4-17(7-10-13-15-16-14-10)11(18)5-9-6-12(2,3)8-19-9/h9H,4-8H2,1-3H3,(H,13,14,15,16). The van der Waals surface area contributed by atoms with E-state index < -0.39 is 0 Å². The van der Waals surface area contributed by atoms with E-state index in [-0.39, 0.29) is 17.4 Å². The van der Waals surface area contributed by atoms with Gasteiger partial charge in [0, 0.05) is 6.54 Å². The summed E-state index contributed by atoms with van der Waals surface area (Å²) in [5.74, 6) is 0.609. The molecule has 1 amide bonds. The molecule has 1 unspecified atom stereocenters. The lowest BCUT2D eigenvalue weighted by atomic mass is 9.90. The van der Waals surface area contributed by atoms with Crippen molar-refractivity contribution in [1.29, 1.82) is 0 Å². The molecule has 0 bridgehead atoms. The van der Waals surface area contributed by atoms with E-state index >= 15 is 0 Å². The van der Waals surface area contributed by atoms with Crippen molar-refractivity contribution in [2.24, 2.45) is 5.41 Å². The summed E-state index contributed by atoms with van der Waals surface area (Å²) in [6.45, 7) is 8.01. The van der Waals surface area contributed by atoms with E-state index in [0.717, 1.165) is 13.0 Å². The van der Waals surface area contributed by atoms with Crippen LogP contribution in [0.5, 0.6) is 0 Å². The Kier molecular flexibility index (Phi) is 4.14. The molecule has 2 heterocycles. The summed E-state index contributed by atoms with van der Waals surface area (Å²) in [6, 6.07) is 0. The minimum absolute atomic E-state index is 0.0295. The molecule has 0 saturated carbocycles. The predicted octanol–water partition coefficient (Wildman–Crippen LogP) is 0.753. The van der Waals surface area contributed by atoms with E-state index in [1.807, 2.05) is 6.92 Å². The summed E-state index contributed by atoms with van der Waals surface area (Å²) in [5.41, 5.74) is 0.176. The SMILES string of the molecule is CCN(Cc1nn[nH]n1)C(=O)CC1CC(C)(C)CO1. The molecule has 0 aliphatic carbocycles. The zero-order chi connectivity index (χ0) is 13.9. The number of carbonyl (C=O) groups is 1. The molecule has 106 valence electrons. The molecule has 7 heteroatoms. The summed E-state index contributed by atoms with van der Waals surface area (Å²) in [4.78, 5) is 13.9. The Morgan fingerprint density at radius 2 is 2.37 bits per heavy atom. The Bertz CT molecular complexity index is 418. The molecule has 1 aliphatic rings. The zero-order valence-electron chi connectivity index (χ0n) is 11.7. The minimum atomic E-state index is 0.0295. The Morgan fingerprint density at radius 1 is 1.58 bits per heavy atom. The molecule has 19 heavy (non-hydrogen) atoms. The highest BCUT2D eigenvalue weighted by molar-refractivity contribution is 5.76. The summed E-state index contributed by atoms with van der Waals surface area (Å²) < 4.78 is 5.67. The molecule has 7 nitrogen and oxygen atoms in total. The maximum atomic E-state index is 12.2. The molecule has 0 aromatic carbocycles. The number of H-pyrrole nitrogens is 1. The van der Waals surface area contributed by atoms with Crippen LogP contribution in [-0.4, -0.2) is 50.7 Å². The fourth-order valence-corrected chi connectivity index (χ4v) is 2.33. The Hall–Kier alpha value is -1.50. The fourth-order valence-electron chi connectivity index (χ4n) is 2.33. The zero-order valence-corrected chi connectivity index (χ0v) is 11.7. The minimum Gasteiger partial charge on any atom is -0.377 e. The predicted molar refractivity (Wildman–Crippen MR) is 68.0 cm³/mol. The fraction of sp³-hybridized carbons (Fsp3) is 0.833. The average molecular weight is 267 g/mol. The van der Waals surface area contributed by atoms with Gasteiger partial charge in [0.25, 0.3) is 0 Å². The molecular weight excluding hydrogens is 246 g/mol. The third-order valence-corrected chi connectivity index (χ3v) is 3.35. The number of hydrogen-bond donors (Lipinski definition) is 1. The van der Waals surface area contributed by atoms with Gasteiger partial charge >= 0.3 is 0 Å². The number of tetrazole rings is 1. The summed E-state index contributed by atoms with van der Waals surface area (Å²) >= 11 is 0. The quantitative estimate of drug-likeness (QED) is 0.851. The van der Waals surface area contributed by atoms with Gasteiger partial charge in [-0.05, 0) is 18.8 Å². The topological polar surface area (TPSA) is 84.0 Å². The Labute approximate surface area is 112 Å². The molecule has 1 saturated heterocycles. The maximum Gasteiger partial charge on any atom is 0.225 e. The van der Waals surface area contributed by atoms with E-state index in [0.29, 0.717) is 25.3 Å². The normalized spacial score (nSPS) is 21.5. The van der Waals surface area contributed by atoms with E-state index in [1.165, 1.54) is 0 Å². The van der Waals surface area contributed by atoms with Crippen molar-refractivity contribution in [2.45, 2.75) is 46.3 Å². The van der Waals surface area contributed by atoms with Crippen molar-refractivity contribution in [1.82, 2.24) is 25.5 Å². The molecule has 1 aromatic heterocycles. The second kappa shape index (κ2) is 5.64. The smallest absolute Gasteiger partial charge is 0.225 e. The molecule has 1 aromatic rings. The van der Waals surface area contributed by atoms with Gasteiger partial charge in [-0.1, -0.05) is 19.1 Å². The van der Waals surface area contributed by atoms with Crippen LogP contribution in [0.15, 0.2) is 0 Å². The van der Waals surface area contributed by atoms with Gasteiger partial charge < -0.3 is 9.64 Å². The van der Waals surface area contributed by atoms with Crippen molar-refractivity contribution in [3.05, 3.63) is 5.82 Å². The van der Waals surface area contributed by atoms with Crippen molar-refractivity contribution >= 4 is 5.91 Å². The van der Waals surface area contributed by atoms with Crippen molar-refractivity contribution in [3.8, 4) is 0 Å². The number of aromatic amines is 1. The number of nitrogens with zero attached hydrogens (tertiary/aromatic N) is 4. The Balaban J connectivity index is 1.87. The molecule has 1 aliphatic heterocycles. The van der Waals surface area contributed by atoms with Crippen LogP contribution in [-0.2, 0) is 16.1 Å². The van der Waals surface area contributed by atoms with Gasteiger partial charge in [0.15, 0.2) is 5.82 Å². The number of amides is 1. The van der Waals surface area contributed by atoms with Gasteiger partial charge in [0.1, 0.15) is 0 Å². The first-order valence-electron chi connectivity index (χ1n) is 6.62. The van der Waals surface area contributed by atoms with E-state index in [4.69, 9.17) is 4.74 Å². The lowest BCUT2D eigenvalue weighted by Crippen LogP contribution is -2.33. The summed E-state index contributed by atoms with van der Waals surface area (Å²) in [7, 11) is 0. The Morgan fingerprint density at radius 3 is 2.89 bits per heavy atom. The third kappa shape index (κ3) is 3.73. The molecular formula is C12H21N5O2. The summed E-state index contributed by atoms with van der Waals surface area (Å²) in [6.07, 6.45) is 1.38. The number of ether oxygens (including phenoxy) is 1. The van der Waals surface area contributed by atoms with Crippen LogP contribution in [0.3, 0.4) is 0 Å². The lowest BCUT2D eigenvalue weighted by Gasteiger charge is -2.21. The highest BCUT2D eigenvalue weighted by Gasteiger charge is 2.33. The van der Waals surface area contributed by atoms with Crippen LogP contribution in [0.2, 0.25) is 0 Å². The average Bonchev–Trinajstić information content (AvgIpc) is 2.95. The van der Waals surface area contributed by atoms with Crippen LogP contribution >= 0.6 is 0 Å². The lowest BCUT2D eigenvalue weighted by molar-refractivity contribution is -0.134. The van der Waals surface area contributed by atoms with Gasteiger partial charge in [-0.15, -0.1) is 10.2 Å². The van der Waals surface area contributed by atoms with Crippen molar-refractivity contribution in [2.75, 3.05) is 13.2 Å². The maximum absolute atomic E-state index is 12.2. The number of nitrogens with one attached hydrogen (secondary N) is 1. The molecule has 1 atom stereocenters. The largest absolute Gasteiger partial charge is 0.377 e. The highest BCUT2D eigenvalue weighted by atomic mass is 16.5.